The van der Waals surface area contributed by atoms with E-state index in [1.165, 1.54) is 0 Å². The first-order valence-electron chi connectivity index (χ1n) is 6.48. The maximum Gasteiger partial charge on any atom is 0.460 e. The van der Waals surface area contributed by atoms with Gasteiger partial charge in [0.15, 0.2) is 0 Å². The second kappa shape index (κ2) is 7.01. The van der Waals surface area contributed by atoms with Gasteiger partial charge in [-0.05, 0) is 0 Å². The van der Waals surface area contributed by atoms with Gasteiger partial charge in [-0.1, -0.05) is 0 Å². The summed E-state index contributed by atoms with van der Waals surface area (Å²) < 4.78 is 254. The van der Waals surface area contributed by atoms with Gasteiger partial charge in [0.25, 0.3) is 0 Å². The third-order valence-corrected chi connectivity index (χ3v) is 3.54. The average molecular weight is 534 g/mol. The second-order valence-electron chi connectivity index (χ2n) is 5.68. The third kappa shape index (κ3) is 3.42. The van der Waals surface area contributed by atoms with E-state index in [9.17, 15) is 87.8 Å². The van der Waals surface area contributed by atoms with Crippen LogP contribution in [0.2, 0.25) is 0 Å². The largest absolute Gasteiger partial charge is 0.460 e. The van der Waals surface area contributed by atoms with Gasteiger partial charge in [-0.2, -0.15) is 87.8 Å². The van der Waals surface area contributed by atoms with Gasteiger partial charge in [0.05, 0.1) is 0 Å². The molecule has 0 saturated heterocycles. The molecule has 0 amide bonds. The smallest absolute Gasteiger partial charge is 0.350 e. The Hall–Kier alpha value is -1.48. The van der Waals surface area contributed by atoms with Crippen LogP contribution < -0.4 is 0 Å². The Kier molecular flexibility index (Phi) is 6.69. The van der Waals surface area contributed by atoms with Gasteiger partial charge in [0.1, 0.15) is 0 Å². The van der Waals surface area contributed by atoms with E-state index in [0.29, 0.717) is 0 Å². The highest BCUT2D eigenvalue weighted by atomic mass is 19.4. The second-order valence-corrected chi connectivity index (χ2v) is 5.68. The van der Waals surface area contributed by atoms with Crippen molar-refractivity contribution in [1.29, 1.82) is 0 Å². The molecule has 1 unspecified atom stereocenters. The summed E-state index contributed by atoms with van der Waals surface area (Å²) in [4.78, 5) is 0. The highest BCUT2D eigenvalue weighted by Crippen LogP contribution is 2.65. The number of halogens is 20. The number of hydrogen-bond acceptors (Lipinski definition) is 2. The highest BCUT2D eigenvalue weighted by Gasteiger charge is 2.97. The third-order valence-electron chi connectivity index (χ3n) is 3.54. The fourth-order valence-corrected chi connectivity index (χ4v) is 1.56. The fraction of sp³-hybridized carbons (Fsp3) is 1.00. The Morgan fingerprint density at radius 2 is 0.469 bits per heavy atom. The van der Waals surface area contributed by atoms with E-state index in [2.05, 4.69) is 0 Å². The molecule has 0 radical (unpaired) electrons. The normalized spacial score (nSPS) is 18.6. The number of rotatable bonds is 8. The fourth-order valence-electron chi connectivity index (χ4n) is 1.56. The molecular weight excluding hydrogens is 532 g/mol. The summed E-state index contributed by atoms with van der Waals surface area (Å²) in [6.45, 7) is 0. The van der Waals surface area contributed by atoms with E-state index in [1.54, 1.807) is 0 Å². The summed E-state index contributed by atoms with van der Waals surface area (Å²) in [6, 6.07) is 0. The highest BCUT2D eigenvalue weighted by molar-refractivity contribution is 5.17. The van der Waals surface area contributed by atoms with Crippen LogP contribution in [0.3, 0.4) is 0 Å². The van der Waals surface area contributed by atoms with E-state index in [4.69, 9.17) is 10.2 Å². The molecule has 0 aromatic carbocycles. The summed E-state index contributed by atoms with van der Waals surface area (Å²) in [6.07, 6.45) is -15.3. The monoisotopic (exact) mass is 534 g/mol. The predicted octanol–water partition coefficient (Wildman–Crippen LogP) is 5.24. The van der Waals surface area contributed by atoms with Crippen molar-refractivity contribution >= 4 is 0 Å². The summed E-state index contributed by atoms with van der Waals surface area (Å²) in [5, 5.41) is 15.4. The van der Waals surface area contributed by atoms with Gasteiger partial charge in [-0.25, -0.2) is 0 Å². The Bertz CT molecular complexity index is 636. The molecule has 0 fully saturated rings. The van der Waals surface area contributed by atoms with E-state index >= 15 is 0 Å². The molecule has 32 heavy (non-hydrogen) atoms. The zero-order valence-electron chi connectivity index (χ0n) is 13.5. The Balaban J connectivity index is 7.00. The summed E-state index contributed by atoms with van der Waals surface area (Å²) >= 11 is 0. The molecule has 0 rings (SSSR count). The standard InChI is InChI=1S/C10H2F20O2/c11-1(12,3(15,16)5(19,20)7(23,24)9(26,27)28)2(13,14)4(17,18)6(21,22)8(25,31)10(29,30)32/h31-32H. The van der Waals surface area contributed by atoms with Crippen molar-refractivity contribution in [1.82, 2.24) is 0 Å². The van der Waals surface area contributed by atoms with E-state index in [-0.39, 0.29) is 0 Å². The SMILES string of the molecule is OC(F)(F)C(O)(F)C(F)(F)C(F)(F)C(F)(F)C(F)(F)C(F)(F)C(F)(F)C(F)(F)C(F)(F)F. The molecule has 2 N–H and O–H groups in total. The first kappa shape index (κ1) is 30.5. The van der Waals surface area contributed by atoms with E-state index < -0.39 is 59.6 Å². The molecule has 0 aliphatic carbocycles. The molecule has 1 atom stereocenters. The van der Waals surface area contributed by atoms with Gasteiger partial charge in [0.2, 0.25) is 0 Å². The molecule has 2 nitrogen and oxygen atoms in total. The zero-order chi connectivity index (χ0) is 27.0. The topological polar surface area (TPSA) is 40.5 Å². The van der Waals surface area contributed by atoms with Gasteiger partial charge in [-0.15, -0.1) is 0 Å². The van der Waals surface area contributed by atoms with Gasteiger partial charge >= 0.3 is 59.6 Å². The quantitative estimate of drug-likeness (QED) is 0.419. The van der Waals surface area contributed by atoms with Crippen LogP contribution in [0.4, 0.5) is 87.8 Å². The maximum atomic E-state index is 13.2. The summed E-state index contributed by atoms with van der Waals surface area (Å²) in [5.41, 5.74) is 0. The van der Waals surface area contributed by atoms with Crippen LogP contribution in [0.5, 0.6) is 0 Å². The molecule has 0 aliphatic heterocycles. The molecule has 0 aromatic heterocycles. The van der Waals surface area contributed by atoms with Crippen molar-refractivity contribution in [3.8, 4) is 0 Å². The van der Waals surface area contributed by atoms with Crippen molar-refractivity contribution in [2.24, 2.45) is 0 Å². The Labute approximate surface area is 159 Å². The van der Waals surface area contributed by atoms with Gasteiger partial charge in [0, 0.05) is 0 Å². The lowest BCUT2D eigenvalue weighted by molar-refractivity contribution is -0.491. The first-order chi connectivity index (χ1) is 13.2. The lowest BCUT2D eigenvalue weighted by Gasteiger charge is -2.44. The van der Waals surface area contributed by atoms with Crippen molar-refractivity contribution in [3.05, 3.63) is 0 Å². The molecule has 22 heteroatoms. The van der Waals surface area contributed by atoms with Crippen molar-refractivity contribution in [2.45, 2.75) is 59.6 Å². The molecule has 0 bridgehead atoms. The van der Waals surface area contributed by atoms with Gasteiger partial charge < -0.3 is 10.2 Å². The van der Waals surface area contributed by atoms with Crippen LogP contribution in [0.25, 0.3) is 0 Å². The van der Waals surface area contributed by atoms with Crippen molar-refractivity contribution in [3.63, 3.8) is 0 Å². The van der Waals surface area contributed by atoms with Crippen LogP contribution in [0, 0.1) is 0 Å². The lowest BCUT2D eigenvalue weighted by Crippen LogP contribution is -2.77. The number of aliphatic hydroxyl groups is 2. The van der Waals surface area contributed by atoms with Crippen LogP contribution in [0.1, 0.15) is 0 Å². The van der Waals surface area contributed by atoms with E-state index in [0.717, 1.165) is 0 Å². The Morgan fingerprint density at radius 3 is 0.656 bits per heavy atom. The van der Waals surface area contributed by atoms with E-state index in [1.807, 2.05) is 0 Å². The molecule has 0 saturated carbocycles. The minimum absolute atomic E-state index is 7.30. The van der Waals surface area contributed by atoms with Crippen LogP contribution >= 0.6 is 0 Å². The summed E-state index contributed by atoms with van der Waals surface area (Å²) in [5.74, 6) is -69.8. The van der Waals surface area contributed by atoms with Crippen LogP contribution in [-0.2, 0) is 0 Å². The van der Waals surface area contributed by atoms with Crippen LogP contribution in [0.15, 0.2) is 0 Å². The molecule has 0 spiro atoms. The minimum Gasteiger partial charge on any atom is -0.350 e. The molecule has 0 aliphatic rings. The maximum absolute atomic E-state index is 13.2. The lowest BCUT2D eigenvalue weighted by atomic mass is 9.87. The minimum atomic E-state index is -9.15. The van der Waals surface area contributed by atoms with Crippen LogP contribution in [-0.4, -0.2) is 69.8 Å². The number of alkyl halides is 20. The van der Waals surface area contributed by atoms with Crippen molar-refractivity contribution < 1.29 is 98.0 Å². The van der Waals surface area contributed by atoms with Crippen molar-refractivity contribution in [2.75, 3.05) is 0 Å². The zero-order valence-corrected chi connectivity index (χ0v) is 13.5. The predicted molar refractivity (Wildman–Crippen MR) is 53.9 cm³/mol. The summed E-state index contributed by atoms with van der Waals surface area (Å²) in [7, 11) is 0. The Morgan fingerprint density at radius 1 is 0.281 bits per heavy atom. The molecule has 194 valence electrons. The molecular formula is C10H2F20O2. The average Bonchev–Trinajstić information content (AvgIpc) is 2.51. The molecule has 0 aromatic rings. The number of hydrogen-bond donors (Lipinski definition) is 2. The first-order valence-corrected chi connectivity index (χ1v) is 6.48. The van der Waals surface area contributed by atoms with Gasteiger partial charge in [-0.3, -0.25) is 0 Å². The molecule has 0 heterocycles.